The lowest BCUT2D eigenvalue weighted by Crippen LogP contribution is -2.24. The van der Waals surface area contributed by atoms with Crippen molar-refractivity contribution < 1.29 is 13.6 Å². The number of amides is 1. The Morgan fingerprint density at radius 1 is 1.35 bits per heavy atom. The van der Waals surface area contributed by atoms with Gasteiger partial charge >= 0.3 is 0 Å². The first-order valence-electron chi connectivity index (χ1n) is 6.12. The second-order valence-corrected chi connectivity index (χ2v) is 4.63. The lowest BCUT2D eigenvalue weighted by atomic mass is 10.2. The second kappa shape index (κ2) is 5.77. The molecule has 7 heteroatoms. The van der Waals surface area contributed by atoms with Gasteiger partial charge in [0.2, 0.25) is 5.82 Å². The van der Waals surface area contributed by atoms with E-state index in [9.17, 15) is 13.6 Å². The number of halogens is 2. The summed E-state index contributed by atoms with van der Waals surface area (Å²) in [7, 11) is 0. The van der Waals surface area contributed by atoms with Gasteiger partial charge in [0.1, 0.15) is 5.82 Å². The minimum Gasteiger partial charge on any atom is -0.345 e. The lowest BCUT2D eigenvalue weighted by molar-refractivity contribution is 0.0941. The quantitative estimate of drug-likeness (QED) is 0.901. The summed E-state index contributed by atoms with van der Waals surface area (Å²) in [6.07, 6.45) is 0. The summed E-state index contributed by atoms with van der Waals surface area (Å²) in [6.45, 7) is 3.91. The van der Waals surface area contributed by atoms with Gasteiger partial charge in [0.15, 0.2) is 11.6 Å². The monoisotopic (exact) mass is 280 g/mol. The number of rotatable bonds is 4. The average Bonchev–Trinajstić information content (AvgIpc) is 2.89. The van der Waals surface area contributed by atoms with Crippen LogP contribution in [-0.4, -0.2) is 21.1 Å². The largest absolute Gasteiger partial charge is 0.345 e. The molecule has 0 spiro atoms. The van der Waals surface area contributed by atoms with Gasteiger partial charge in [-0.05, 0) is 17.7 Å². The van der Waals surface area contributed by atoms with Gasteiger partial charge in [-0.2, -0.15) is 0 Å². The number of nitrogens with one attached hydrogen (secondary N) is 2. The van der Waals surface area contributed by atoms with E-state index in [1.165, 1.54) is 6.07 Å². The number of hydrogen-bond acceptors (Lipinski definition) is 3. The fraction of sp³-hybridized carbons (Fsp3) is 0.308. The molecule has 20 heavy (non-hydrogen) atoms. The molecule has 1 amide bonds. The lowest BCUT2D eigenvalue weighted by Gasteiger charge is -2.03. The topological polar surface area (TPSA) is 70.7 Å². The molecule has 0 saturated heterocycles. The molecular weight excluding hydrogens is 266 g/mol. The number of nitrogens with zero attached hydrogens (tertiary/aromatic N) is 2. The van der Waals surface area contributed by atoms with E-state index < -0.39 is 17.5 Å². The summed E-state index contributed by atoms with van der Waals surface area (Å²) in [4.78, 5) is 15.8. The first kappa shape index (κ1) is 14.1. The summed E-state index contributed by atoms with van der Waals surface area (Å²) >= 11 is 0. The highest BCUT2D eigenvalue weighted by Crippen LogP contribution is 2.09. The molecule has 2 rings (SSSR count). The van der Waals surface area contributed by atoms with Crippen LogP contribution < -0.4 is 5.32 Å². The number of benzene rings is 1. The van der Waals surface area contributed by atoms with Crippen molar-refractivity contribution in [1.29, 1.82) is 0 Å². The Balaban J connectivity index is 1.99. The Hall–Kier alpha value is -2.31. The van der Waals surface area contributed by atoms with Crippen LogP contribution >= 0.6 is 0 Å². The average molecular weight is 280 g/mol. The highest BCUT2D eigenvalue weighted by atomic mass is 19.2. The Kier molecular flexibility index (Phi) is 4.07. The number of hydrogen-bond donors (Lipinski definition) is 2. The zero-order valence-corrected chi connectivity index (χ0v) is 11.1. The highest BCUT2D eigenvalue weighted by molar-refractivity contribution is 5.90. The van der Waals surface area contributed by atoms with Crippen molar-refractivity contribution in [3.63, 3.8) is 0 Å². The molecule has 1 aromatic carbocycles. The van der Waals surface area contributed by atoms with Gasteiger partial charge in [0, 0.05) is 12.5 Å². The van der Waals surface area contributed by atoms with E-state index >= 15 is 0 Å². The number of aromatic nitrogens is 3. The van der Waals surface area contributed by atoms with E-state index in [1.807, 2.05) is 13.8 Å². The maximum Gasteiger partial charge on any atom is 0.291 e. The van der Waals surface area contributed by atoms with E-state index in [0.29, 0.717) is 11.4 Å². The Morgan fingerprint density at radius 3 is 2.70 bits per heavy atom. The van der Waals surface area contributed by atoms with Crippen LogP contribution in [0.2, 0.25) is 0 Å². The number of H-pyrrole nitrogens is 1. The van der Waals surface area contributed by atoms with Crippen molar-refractivity contribution in [3.8, 4) is 0 Å². The molecule has 0 aliphatic rings. The van der Waals surface area contributed by atoms with E-state index in [4.69, 9.17) is 0 Å². The highest BCUT2D eigenvalue weighted by Gasteiger charge is 2.14. The van der Waals surface area contributed by atoms with Gasteiger partial charge in [0.25, 0.3) is 5.91 Å². The first-order valence-corrected chi connectivity index (χ1v) is 6.12. The third kappa shape index (κ3) is 3.17. The van der Waals surface area contributed by atoms with Gasteiger partial charge in [-0.1, -0.05) is 19.9 Å². The van der Waals surface area contributed by atoms with Crippen LogP contribution in [0.4, 0.5) is 8.78 Å². The molecule has 0 aliphatic carbocycles. The summed E-state index contributed by atoms with van der Waals surface area (Å²) in [6, 6.07) is 3.45. The zero-order chi connectivity index (χ0) is 14.7. The molecule has 1 heterocycles. The maximum absolute atomic E-state index is 13.0. The van der Waals surface area contributed by atoms with Crippen molar-refractivity contribution >= 4 is 5.91 Å². The van der Waals surface area contributed by atoms with Crippen LogP contribution in [0, 0.1) is 11.6 Å². The van der Waals surface area contributed by atoms with Crippen molar-refractivity contribution in [2.75, 3.05) is 0 Å². The predicted molar refractivity (Wildman–Crippen MR) is 68.0 cm³/mol. The van der Waals surface area contributed by atoms with Crippen molar-refractivity contribution in [3.05, 3.63) is 47.0 Å². The number of carbonyl (C=O) groups excluding carboxylic acids is 1. The standard InChI is InChI=1S/C13H14F2N4O/c1-7(2)11-17-12(19-18-11)13(20)16-6-8-3-4-9(14)10(15)5-8/h3-5,7H,6H2,1-2H3,(H,16,20)(H,17,18,19). The summed E-state index contributed by atoms with van der Waals surface area (Å²) < 4.78 is 25.8. The molecule has 2 N–H and O–H groups in total. The van der Waals surface area contributed by atoms with E-state index in [-0.39, 0.29) is 18.3 Å². The normalized spacial score (nSPS) is 10.8. The Morgan fingerprint density at radius 2 is 2.10 bits per heavy atom. The summed E-state index contributed by atoms with van der Waals surface area (Å²) in [5.74, 6) is -1.57. The van der Waals surface area contributed by atoms with Crippen LogP contribution in [0.25, 0.3) is 0 Å². The van der Waals surface area contributed by atoms with Crippen LogP contribution in [0.1, 0.15) is 41.8 Å². The molecule has 2 aromatic rings. The molecule has 106 valence electrons. The summed E-state index contributed by atoms with van der Waals surface area (Å²) in [5.41, 5.74) is 0.455. The van der Waals surface area contributed by atoms with Crippen molar-refractivity contribution in [2.45, 2.75) is 26.3 Å². The smallest absolute Gasteiger partial charge is 0.291 e. The minimum atomic E-state index is -0.947. The van der Waals surface area contributed by atoms with E-state index in [0.717, 1.165) is 12.1 Å². The molecule has 0 unspecified atom stereocenters. The number of aromatic amines is 1. The molecule has 0 saturated carbocycles. The van der Waals surface area contributed by atoms with Gasteiger partial charge in [-0.15, -0.1) is 5.10 Å². The minimum absolute atomic E-state index is 0.0243. The van der Waals surface area contributed by atoms with Crippen LogP contribution in [0.3, 0.4) is 0 Å². The second-order valence-electron chi connectivity index (χ2n) is 4.63. The third-order valence-electron chi connectivity index (χ3n) is 2.69. The molecule has 0 radical (unpaired) electrons. The van der Waals surface area contributed by atoms with Crippen LogP contribution in [0.5, 0.6) is 0 Å². The Labute approximate surface area is 114 Å². The molecular formula is C13H14F2N4O. The van der Waals surface area contributed by atoms with Gasteiger partial charge in [-0.25, -0.2) is 13.8 Å². The maximum atomic E-state index is 13.0. The molecule has 0 bridgehead atoms. The van der Waals surface area contributed by atoms with Gasteiger partial charge in [0.05, 0.1) is 0 Å². The van der Waals surface area contributed by atoms with Crippen LogP contribution in [-0.2, 0) is 6.54 Å². The molecule has 1 aromatic heterocycles. The fourth-order valence-corrected chi connectivity index (χ4v) is 1.55. The van der Waals surface area contributed by atoms with Crippen molar-refractivity contribution in [2.24, 2.45) is 0 Å². The molecule has 0 atom stereocenters. The predicted octanol–water partition coefficient (Wildman–Crippen LogP) is 2.14. The summed E-state index contributed by atoms with van der Waals surface area (Å²) in [5, 5.41) is 9.01. The Bertz CT molecular complexity index is 625. The fourth-order valence-electron chi connectivity index (χ4n) is 1.55. The van der Waals surface area contributed by atoms with E-state index in [1.54, 1.807) is 0 Å². The van der Waals surface area contributed by atoms with E-state index in [2.05, 4.69) is 20.5 Å². The number of carbonyl (C=O) groups is 1. The first-order chi connectivity index (χ1) is 9.47. The van der Waals surface area contributed by atoms with Crippen LogP contribution in [0.15, 0.2) is 18.2 Å². The van der Waals surface area contributed by atoms with Gasteiger partial charge in [-0.3, -0.25) is 9.89 Å². The van der Waals surface area contributed by atoms with Crippen molar-refractivity contribution in [1.82, 2.24) is 20.5 Å². The van der Waals surface area contributed by atoms with Gasteiger partial charge < -0.3 is 5.32 Å². The molecule has 5 nitrogen and oxygen atoms in total. The third-order valence-corrected chi connectivity index (χ3v) is 2.69. The molecule has 0 fully saturated rings. The molecule has 0 aliphatic heterocycles. The SMILES string of the molecule is CC(C)c1nc(C(=O)NCc2ccc(F)c(F)c2)n[nH]1. The zero-order valence-electron chi connectivity index (χ0n) is 11.1.